The van der Waals surface area contributed by atoms with Crippen molar-refractivity contribution < 1.29 is 14.6 Å². The monoisotopic (exact) mass is 239 g/mol. The predicted octanol–water partition coefficient (Wildman–Crippen LogP) is 2.47. The van der Waals surface area contributed by atoms with Gasteiger partial charge >= 0.3 is 5.97 Å². The molecule has 0 aromatic rings. The minimum atomic E-state index is -0.698. The van der Waals surface area contributed by atoms with E-state index in [2.05, 4.69) is 25.8 Å². The number of hydrogen-bond donors (Lipinski definition) is 1. The van der Waals surface area contributed by atoms with Crippen LogP contribution in [0.1, 0.15) is 46.5 Å². The highest BCUT2D eigenvalue weighted by Gasteiger charge is 2.39. The van der Waals surface area contributed by atoms with Crippen molar-refractivity contribution in [2.24, 2.45) is 16.3 Å². The lowest BCUT2D eigenvalue weighted by molar-refractivity contribution is -0.144. The Labute approximate surface area is 102 Å². The first-order valence-corrected chi connectivity index (χ1v) is 6.31. The molecule has 1 saturated carbocycles. The molecular formula is C13H21NO3. The van der Waals surface area contributed by atoms with E-state index in [-0.39, 0.29) is 23.5 Å². The maximum absolute atomic E-state index is 11.0. The average molecular weight is 239 g/mol. The SMILES string of the molecule is CC(C)(C)CC1=NC2CCC(C(=O)O)CC2O1. The number of nitrogens with zero attached hydrogens (tertiary/aromatic N) is 1. The van der Waals surface area contributed by atoms with E-state index < -0.39 is 5.97 Å². The smallest absolute Gasteiger partial charge is 0.306 e. The van der Waals surface area contributed by atoms with Crippen molar-refractivity contribution in [1.29, 1.82) is 0 Å². The van der Waals surface area contributed by atoms with Gasteiger partial charge in [0.2, 0.25) is 0 Å². The Hall–Kier alpha value is -1.06. The summed E-state index contributed by atoms with van der Waals surface area (Å²) in [4.78, 5) is 15.6. The van der Waals surface area contributed by atoms with Crippen LogP contribution in [0, 0.1) is 11.3 Å². The van der Waals surface area contributed by atoms with E-state index in [1.807, 2.05) is 0 Å². The number of carbonyl (C=O) groups is 1. The van der Waals surface area contributed by atoms with Crippen LogP contribution in [0.25, 0.3) is 0 Å². The van der Waals surface area contributed by atoms with Crippen LogP contribution in [0.3, 0.4) is 0 Å². The third-order valence-electron chi connectivity index (χ3n) is 3.38. The first-order chi connectivity index (χ1) is 7.85. The molecule has 4 heteroatoms. The third kappa shape index (κ3) is 2.99. The number of carboxylic acid groups (broad SMARTS) is 1. The Morgan fingerprint density at radius 1 is 1.47 bits per heavy atom. The zero-order chi connectivity index (χ0) is 12.6. The highest BCUT2D eigenvalue weighted by molar-refractivity contribution is 5.79. The van der Waals surface area contributed by atoms with Crippen LogP contribution < -0.4 is 0 Å². The summed E-state index contributed by atoms with van der Waals surface area (Å²) in [5.41, 5.74) is 0.165. The van der Waals surface area contributed by atoms with Crippen LogP contribution >= 0.6 is 0 Å². The number of hydrogen-bond acceptors (Lipinski definition) is 3. The minimum Gasteiger partial charge on any atom is -0.481 e. The van der Waals surface area contributed by atoms with E-state index in [4.69, 9.17) is 9.84 Å². The van der Waals surface area contributed by atoms with Crippen LogP contribution in [0.5, 0.6) is 0 Å². The van der Waals surface area contributed by atoms with Crippen LogP contribution in [0.15, 0.2) is 4.99 Å². The van der Waals surface area contributed by atoms with Gasteiger partial charge in [-0.15, -0.1) is 0 Å². The van der Waals surface area contributed by atoms with Gasteiger partial charge in [-0.25, -0.2) is 4.99 Å². The van der Waals surface area contributed by atoms with Gasteiger partial charge in [-0.3, -0.25) is 4.79 Å². The van der Waals surface area contributed by atoms with Gasteiger partial charge in [0.25, 0.3) is 0 Å². The van der Waals surface area contributed by atoms with Gasteiger partial charge in [-0.1, -0.05) is 20.8 Å². The Morgan fingerprint density at radius 2 is 2.18 bits per heavy atom. The zero-order valence-electron chi connectivity index (χ0n) is 10.8. The molecule has 1 heterocycles. The molecule has 3 atom stereocenters. The maximum Gasteiger partial charge on any atom is 0.306 e. The Morgan fingerprint density at radius 3 is 2.76 bits per heavy atom. The second kappa shape index (κ2) is 4.31. The molecule has 1 aliphatic carbocycles. The van der Waals surface area contributed by atoms with Crippen molar-refractivity contribution in [2.75, 3.05) is 0 Å². The quantitative estimate of drug-likeness (QED) is 0.805. The zero-order valence-corrected chi connectivity index (χ0v) is 10.8. The maximum atomic E-state index is 11.0. The van der Waals surface area contributed by atoms with Crippen molar-refractivity contribution in [2.45, 2.75) is 58.6 Å². The fourth-order valence-electron chi connectivity index (χ4n) is 2.54. The fraction of sp³-hybridized carbons (Fsp3) is 0.846. The van der Waals surface area contributed by atoms with E-state index in [9.17, 15) is 4.79 Å². The standard InChI is InChI=1S/C13H21NO3/c1-13(2,3)7-11-14-9-5-4-8(12(15)16)6-10(9)17-11/h8-10H,4-7H2,1-3H3,(H,15,16). The summed E-state index contributed by atoms with van der Waals surface area (Å²) in [6.45, 7) is 6.46. The van der Waals surface area contributed by atoms with Gasteiger partial charge in [0, 0.05) is 6.42 Å². The number of aliphatic imine (C=N–C) groups is 1. The molecule has 1 fully saturated rings. The molecule has 2 rings (SSSR count). The lowest BCUT2D eigenvalue weighted by Crippen LogP contribution is -2.34. The Kier molecular flexibility index (Phi) is 3.15. The van der Waals surface area contributed by atoms with Gasteiger partial charge in [0.1, 0.15) is 6.10 Å². The van der Waals surface area contributed by atoms with Gasteiger partial charge in [0.05, 0.1) is 12.0 Å². The summed E-state index contributed by atoms with van der Waals surface area (Å²) in [5, 5.41) is 9.02. The molecule has 1 aliphatic heterocycles. The number of rotatable bonds is 2. The van der Waals surface area contributed by atoms with Crippen molar-refractivity contribution in [3.8, 4) is 0 Å². The van der Waals surface area contributed by atoms with Crippen LogP contribution in [-0.4, -0.2) is 29.1 Å². The largest absolute Gasteiger partial charge is 0.481 e. The number of ether oxygens (including phenoxy) is 1. The number of aliphatic carboxylic acids is 1. The van der Waals surface area contributed by atoms with Crippen molar-refractivity contribution >= 4 is 11.9 Å². The molecule has 0 radical (unpaired) electrons. The molecule has 2 aliphatic rings. The van der Waals surface area contributed by atoms with Gasteiger partial charge < -0.3 is 9.84 Å². The van der Waals surface area contributed by atoms with E-state index in [0.717, 1.165) is 25.2 Å². The fourth-order valence-corrected chi connectivity index (χ4v) is 2.54. The van der Waals surface area contributed by atoms with E-state index in [1.54, 1.807) is 0 Å². The molecule has 0 spiro atoms. The van der Waals surface area contributed by atoms with Gasteiger partial charge in [-0.2, -0.15) is 0 Å². The van der Waals surface area contributed by atoms with Crippen LogP contribution in [0.2, 0.25) is 0 Å². The normalized spacial score (nSPS) is 32.6. The number of fused-ring (bicyclic) bond motifs is 1. The van der Waals surface area contributed by atoms with Crippen molar-refractivity contribution in [1.82, 2.24) is 0 Å². The first-order valence-electron chi connectivity index (χ1n) is 6.31. The second-order valence-electron chi connectivity index (χ2n) is 6.33. The third-order valence-corrected chi connectivity index (χ3v) is 3.38. The summed E-state index contributed by atoms with van der Waals surface area (Å²) >= 11 is 0. The Bertz CT molecular complexity index is 343. The number of carboxylic acids is 1. The highest BCUT2D eigenvalue weighted by atomic mass is 16.5. The predicted molar refractivity (Wildman–Crippen MR) is 65.1 cm³/mol. The van der Waals surface area contributed by atoms with E-state index >= 15 is 0 Å². The molecule has 0 saturated heterocycles. The molecule has 96 valence electrons. The van der Waals surface area contributed by atoms with Crippen LogP contribution in [-0.2, 0) is 9.53 Å². The second-order valence-corrected chi connectivity index (χ2v) is 6.33. The van der Waals surface area contributed by atoms with E-state index in [1.165, 1.54) is 0 Å². The molecule has 0 bridgehead atoms. The molecular weight excluding hydrogens is 218 g/mol. The molecule has 0 aromatic heterocycles. The molecule has 0 amide bonds. The first kappa shape index (κ1) is 12.4. The van der Waals surface area contributed by atoms with Gasteiger partial charge in [0.15, 0.2) is 5.90 Å². The lowest BCUT2D eigenvalue weighted by atomic mass is 9.84. The summed E-state index contributed by atoms with van der Waals surface area (Å²) < 4.78 is 5.81. The highest BCUT2D eigenvalue weighted by Crippen LogP contribution is 2.34. The molecule has 1 N–H and O–H groups in total. The molecule has 0 aromatic carbocycles. The summed E-state index contributed by atoms with van der Waals surface area (Å²) in [7, 11) is 0. The van der Waals surface area contributed by atoms with Crippen molar-refractivity contribution in [3.63, 3.8) is 0 Å². The molecule has 4 nitrogen and oxygen atoms in total. The van der Waals surface area contributed by atoms with Gasteiger partial charge in [-0.05, 0) is 24.7 Å². The summed E-state index contributed by atoms with van der Waals surface area (Å²) in [6.07, 6.45) is 3.01. The average Bonchev–Trinajstić information content (AvgIpc) is 2.54. The van der Waals surface area contributed by atoms with Crippen LogP contribution in [0.4, 0.5) is 0 Å². The topological polar surface area (TPSA) is 58.9 Å². The summed E-state index contributed by atoms with van der Waals surface area (Å²) in [5.74, 6) is -0.129. The van der Waals surface area contributed by atoms with E-state index in [0.29, 0.717) is 6.42 Å². The Balaban J connectivity index is 1.96. The van der Waals surface area contributed by atoms with Crippen molar-refractivity contribution in [3.05, 3.63) is 0 Å². The molecule has 17 heavy (non-hydrogen) atoms. The minimum absolute atomic E-state index is 0.00204. The lowest BCUT2D eigenvalue weighted by Gasteiger charge is -2.27. The molecule has 3 unspecified atom stereocenters. The summed E-state index contributed by atoms with van der Waals surface area (Å²) in [6, 6.07) is 0.197.